The van der Waals surface area contributed by atoms with Gasteiger partial charge < -0.3 is 0 Å². The van der Waals surface area contributed by atoms with E-state index in [4.69, 9.17) is 5.41 Å². The van der Waals surface area contributed by atoms with Crippen LogP contribution < -0.4 is 0 Å². The molecule has 0 aliphatic heterocycles. The fourth-order valence-electron chi connectivity index (χ4n) is 0.170. The van der Waals surface area contributed by atoms with E-state index in [2.05, 4.69) is 17.7 Å². The molecule has 0 aromatic rings. The topological polar surface area (TPSA) is 23.9 Å². The van der Waals surface area contributed by atoms with Crippen molar-refractivity contribution in [1.29, 1.82) is 5.41 Å². The lowest BCUT2D eigenvalue weighted by Gasteiger charge is -1.91. The third kappa shape index (κ3) is 4.16. The Morgan fingerprint density at radius 1 is 1.86 bits per heavy atom. The molecule has 0 aliphatic carbocycles. The highest BCUT2D eigenvalue weighted by molar-refractivity contribution is 14.2. The van der Waals surface area contributed by atoms with Crippen LogP contribution in [0.15, 0.2) is 0 Å². The summed E-state index contributed by atoms with van der Waals surface area (Å²) in [6, 6.07) is 0. The van der Waals surface area contributed by atoms with Crippen LogP contribution in [-0.4, -0.2) is 7.73 Å². The first-order chi connectivity index (χ1) is 3.31. The van der Waals surface area contributed by atoms with Crippen molar-refractivity contribution in [3.05, 3.63) is 0 Å². The summed E-state index contributed by atoms with van der Waals surface area (Å²) in [6.07, 6.45) is 1.21. The molecular weight excluding hydrogens is 201 g/mol. The molecule has 0 radical (unpaired) electrons. The minimum absolute atomic E-state index is 0.0182. The highest BCUT2D eigenvalue weighted by atomic mass is 127. The Kier molecular flexibility index (Phi) is 4.67. The van der Waals surface area contributed by atoms with Crippen LogP contribution in [0.1, 0.15) is 20.3 Å². The average Bonchev–Trinajstić information content (AvgIpc) is 1.68. The van der Waals surface area contributed by atoms with Crippen LogP contribution >= 0.6 is 20.7 Å². The molecular formula is C5H10IN. The highest BCUT2D eigenvalue weighted by Gasteiger charge is 1.87. The first-order valence-electron chi connectivity index (χ1n) is 2.35. The molecule has 42 valence electrons. The Hall–Kier alpha value is 0.310. The highest BCUT2D eigenvalue weighted by Crippen LogP contribution is 2.08. The van der Waals surface area contributed by atoms with Gasteiger partial charge in [0.25, 0.3) is 0 Å². The van der Waals surface area contributed by atoms with E-state index in [0.29, 0.717) is 0 Å². The van der Waals surface area contributed by atoms with Crippen molar-refractivity contribution >= 4 is 24.5 Å². The van der Waals surface area contributed by atoms with Crippen LogP contribution in [0.25, 0.3) is 0 Å². The molecule has 0 fully saturated rings. The minimum Gasteiger partial charge on any atom is -0.254 e. The van der Waals surface area contributed by atoms with E-state index in [1.165, 1.54) is 6.42 Å². The van der Waals surface area contributed by atoms with Crippen LogP contribution in [0, 0.1) is 5.41 Å². The summed E-state index contributed by atoms with van der Waals surface area (Å²) >= 11 is -0.0182. The lowest BCUT2D eigenvalue weighted by molar-refractivity contribution is 0.938. The number of rotatable bonds is 2. The molecule has 1 unspecified atom stereocenters. The molecule has 0 aromatic heterocycles. The van der Waals surface area contributed by atoms with Crippen LogP contribution in [0.4, 0.5) is 0 Å². The van der Waals surface area contributed by atoms with E-state index in [1.807, 2.05) is 0 Å². The Morgan fingerprint density at radius 2 is 2.43 bits per heavy atom. The van der Waals surface area contributed by atoms with Crippen molar-refractivity contribution < 1.29 is 0 Å². The predicted octanol–water partition coefficient (Wildman–Crippen LogP) is 2.24. The number of halogens is 1. The van der Waals surface area contributed by atoms with Crippen molar-refractivity contribution in [3.8, 4) is 0 Å². The maximum Gasteiger partial charge on any atom is 0.0116 e. The third-order valence-electron chi connectivity index (χ3n) is 0.803. The van der Waals surface area contributed by atoms with E-state index in [9.17, 15) is 0 Å². The molecule has 7 heavy (non-hydrogen) atoms. The molecule has 2 heteroatoms. The molecule has 1 atom stereocenters. The van der Waals surface area contributed by atoms with Gasteiger partial charge in [0.15, 0.2) is 0 Å². The summed E-state index contributed by atoms with van der Waals surface area (Å²) in [5.41, 5.74) is 0. The van der Waals surface area contributed by atoms with Crippen molar-refractivity contribution in [2.45, 2.75) is 24.2 Å². The van der Waals surface area contributed by atoms with Gasteiger partial charge in [-0.2, -0.15) is 0 Å². The standard InChI is InChI=1S/C5H10IN/c1-3-5(2)6-4-7/h5,7H,3H2,1-2H3. The van der Waals surface area contributed by atoms with Crippen LogP contribution in [-0.2, 0) is 0 Å². The molecule has 0 rings (SSSR count). The maximum atomic E-state index is 6.64. The molecule has 0 aliphatic rings. The fourth-order valence-corrected chi connectivity index (χ4v) is 1.14. The van der Waals surface area contributed by atoms with Crippen LogP contribution in [0.3, 0.4) is 0 Å². The average molecular weight is 211 g/mol. The van der Waals surface area contributed by atoms with Crippen molar-refractivity contribution in [1.82, 2.24) is 0 Å². The first kappa shape index (κ1) is 7.31. The molecule has 0 saturated carbocycles. The van der Waals surface area contributed by atoms with Crippen molar-refractivity contribution in [2.75, 3.05) is 0 Å². The van der Waals surface area contributed by atoms with E-state index < -0.39 is 0 Å². The number of hydrogen-bond donors (Lipinski definition) is 1. The Bertz CT molecular complexity index is 84.1. The van der Waals surface area contributed by atoms with E-state index in [0.717, 1.165) is 3.92 Å². The van der Waals surface area contributed by atoms with Gasteiger partial charge in [0.05, 0.1) is 0 Å². The second-order valence-corrected chi connectivity index (χ2v) is 4.68. The zero-order valence-electron chi connectivity index (χ0n) is 4.66. The zero-order valence-corrected chi connectivity index (χ0v) is 6.82. The minimum atomic E-state index is -0.0182. The predicted molar refractivity (Wildman–Crippen MR) is 41.5 cm³/mol. The summed E-state index contributed by atoms with van der Waals surface area (Å²) in [5.74, 6) is 0. The van der Waals surface area contributed by atoms with Gasteiger partial charge >= 0.3 is 0 Å². The first-order valence-corrected chi connectivity index (χ1v) is 4.67. The molecule has 0 bridgehead atoms. The molecule has 0 saturated heterocycles. The smallest absolute Gasteiger partial charge is 0.0116 e. The van der Waals surface area contributed by atoms with E-state index in [-0.39, 0.29) is 20.7 Å². The molecule has 1 nitrogen and oxygen atoms in total. The Morgan fingerprint density at radius 3 is 2.57 bits per heavy atom. The summed E-state index contributed by atoms with van der Waals surface area (Å²) in [5, 5.41) is 6.64. The van der Waals surface area contributed by atoms with Gasteiger partial charge in [-0.1, -0.05) is 13.8 Å². The quantitative estimate of drug-likeness (QED) is 0.411. The summed E-state index contributed by atoms with van der Waals surface area (Å²) in [6.45, 7) is 4.33. The molecule has 0 spiro atoms. The molecule has 0 heterocycles. The second kappa shape index (κ2) is 4.47. The van der Waals surface area contributed by atoms with E-state index in [1.54, 1.807) is 0 Å². The van der Waals surface area contributed by atoms with Gasteiger partial charge in [-0.3, -0.25) is 5.41 Å². The number of alkyl halides is 1. The van der Waals surface area contributed by atoms with Crippen molar-refractivity contribution in [3.63, 3.8) is 0 Å². The second-order valence-electron chi connectivity index (χ2n) is 1.39. The molecule has 1 N–H and O–H groups in total. The maximum absolute atomic E-state index is 6.64. The van der Waals surface area contributed by atoms with Crippen molar-refractivity contribution in [2.24, 2.45) is 0 Å². The van der Waals surface area contributed by atoms with Gasteiger partial charge in [-0.25, -0.2) is 0 Å². The molecule has 0 aromatic carbocycles. The van der Waals surface area contributed by atoms with Gasteiger partial charge in [0.1, 0.15) is 0 Å². The molecule has 0 amide bonds. The largest absolute Gasteiger partial charge is 0.254 e. The summed E-state index contributed by atoms with van der Waals surface area (Å²) in [7, 11) is 0. The van der Waals surface area contributed by atoms with Gasteiger partial charge in [0.2, 0.25) is 0 Å². The van der Waals surface area contributed by atoms with Crippen LogP contribution in [0.2, 0.25) is 0 Å². The summed E-state index contributed by atoms with van der Waals surface area (Å²) < 4.78 is 3.24. The lowest BCUT2D eigenvalue weighted by Crippen LogP contribution is -1.83. The lowest BCUT2D eigenvalue weighted by atomic mass is 10.4. The van der Waals surface area contributed by atoms with E-state index >= 15 is 0 Å². The number of hydrogen-bond acceptors (Lipinski definition) is 1. The van der Waals surface area contributed by atoms with Gasteiger partial charge in [0, 0.05) is 7.73 Å². The normalized spacial score (nSPS) is 12.9. The van der Waals surface area contributed by atoms with Gasteiger partial charge in [-0.05, 0) is 27.2 Å². The fraction of sp³-hybridized carbons (Fsp3) is 0.800. The Labute approximate surface area is 54.4 Å². The van der Waals surface area contributed by atoms with Gasteiger partial charge in [-0.15, -0.1) is 0 Å². The summed E-state index contributed by atoms with van der Waals surface area (Å²) in [4.78, 5) is 0. The zero-order chi connectivity index (χ0) is 5.70. The monoisotopic (exact) mass is 211 g/mol. The Balaban J connectivity index is 3.35. The van der Waals surface area contributed by atoms with Crippen LogP contribution in [0.5, 0.6) is 0 Å². The SMILES string of the molecule is CCC(C)I=C=N. The third-order valence-corrected chi connectivity index (χ3v) is 3.06. The number of nitrogens with one attached hydrogen (secondary N) is 1.